The summed E-state index contributed by atoms with van der Waals surface area (Å²) in [6.07, 6.45) is 2.61. The van der Waals surface area contributed by atoms with E-state index in [1.807, 2.05) is 0 Å². The first-order valence-electron chi connectivity index (χ1n) is 4.83. The fourth-order valence-corrected chi connectivity index (χ4v) is 1.93. The van der Waals surface area contributed by atoms with Crippen LogP contribution in [0.5, 0.6) is 0 Å². The molecule has 0 amide bonds. The summed E-state index contributed by atoms with van der Waals surface area (Å²) in [5.74, 6) is 0.386. The Labute approximate surface area is 99.1 Å². The lowest BCUT2D eigenvalue weighted by molar-refractivity contribution is 0.606. The zero-order valence-electron chi connectivity index (χ0n) is 9.16. The molecule has 0 fully saturated rings. The fraction of sp³-hybridized carbons (Fsp3) is 0.100. The molecule has 0 spiro atoms. The normalized spacial score (nSPS) is 11.4. The van der Waals surface area contributed by atoms with Crippen molar-refractivity contribution in [1.82, 2.24) is 9.78 Å². The summed E-state index contributed by atoms with van der Waals surface area (Å²) < 4.78 is 26.2. The average molecular weight is 252 g/mol. The molecule has 7 heteroatoms. The zero-order valence-corrected chi connectivity index (χ0v) is 9.98. The highest BCUT2D eigenvalue weighted by Crippen LogP contribution is 2.16. The Bertz CT molecular complexity index is 616. The van der Waals surface area contributed by atoms with Gasteiger partial charge in [0.1, 0.15) is 5.82 Å². The van der Waals surface area contributed by atoms with E-state index in [0.29, 0.717) is 11.5 Å². The molecule has 0 saturated carbocycles. The predicted octanol–water partition coefficient (Wildman–Crippen LogP) is 0.826. The van der Waals surface area contributed by atoms with Crippen LogP contribution in [0, 0.1) is 0 Å². The number of anilines is 2. The minimum Gasteiger partial charge on any atom is -0.399 e. The summed E-state index contributed by atoms with van der Waals surface area (Å²) in [6, 6.07) is 8.55. The summed E-state index contributed by atoms with van der Waals surface area (Å²) in [5, 5.41) is 4.05. The van der Waals surface area contributed by atoms with Crippen molar-refractivity contribution in [2.45, 2.75) is 0 Å². The first-order chi connectivity index (χ1) is 7.96. The fourth-order valence-electron chi connectivity index (χ4n) is 1.39. The molecule has 0 bridgehead atoms. The standard InChI is InChI=1S/C10H12N4O2S/c1-17(15,16)13-10-6-7-12-14(10)9-4-2-8(11)3-5-9/h2-7,13H,11H2,1H3. The Kier molecular flexibility index (Phi) is 2.76. The Morgan fingerprint density at radius 3 is 2.47 bits per heavy atom. The van der Waals surface area contributed by atoms with Gasteiger partial charge in [0.25, 0.3) is 0 Å². The smallest absolute Gasteiger partial charge is 0.230 e. The van der Waals surface area contributed by atoms with E-state index >= 15 is 0 Å². The third kappa shape index (κ3) is 2.76. The number of nitrogens with zero attached hydrogens (tertiary/aromatic N) is 2. The number of nitrogen functional groups attached to an aromatic ring is 1. The molecular formula is C10H12N4O2S. The molecule has 1 heterocycles. The van der Waals surface area contributed by atoms with E-state index in [9.17, 15) is 8.42 Å². The van der Waals surface area contributed by atoms with E-state index in [2.05, 4.69) is 9.82 Å². The highest BCUT2D eigenvalue weighted by atomic mass is 32.2. The second kappa shape index (κ2) is 4.10. The lowest BCUT2D eigenvalue weighted by Crippen LogP contribution is -2.13. The molecule has 0 saturated heterocycles. The summed E-state index contributed by atoms with van der Waals surface area (Å²) in [4.78, 5) is 0. The van der Waals surface area contributed by atoms with Gasteiger partial charge in [-0.25, -0.2) is 13.1 Å². The highest BCUT2D eigenvalue weighted by molar-refractivity contribution is 7.92. The van der Waals surface area contributed by atoms with Crippen molar-refractivity contribution >= 4 is 21.5 Å². The van der Waals surface area contributed by atoms with Gasteiger partial charge in [-0.1, -0.05) is 0 Å². The number of hydrogen-bond donors (Lipinski definition) is 2. The maximum Gasteiger partial charge on any atom is 0.230 e. The van der Waals surface area contributed by atoms with Gasteiger partial charge in [-0.3, -0.25) is 4.72 Å². The molecule has 2 aromatic rings. The van der Waals surface area contributed by atoms with Gasteiger partial charge >= 0.3 is 0 Å². The Morgan fingerprint density at radius 2 is 1.88 bits per heavy atom. The zero-order chi connectivity index (χ0) is 12.5. The molecule has 0 atom stereocenters. The van der Waals surface area contributed by atoms with E-state index in [-0.39, 0.29) is 0 Å². The van der Waals surface area contributed by atoms with E-state index in [0.717, 1.165) is 11.9 Å². The first kappa shape index (κ1) is 11.5. The number of nitrogens with two attached hydrogens (primary N) is 1. The van der Waals surface area contributed by atoms with Gasteiger partial charge in [0.15, 0.2) is 0 Å². The minimum atomic E-state index is -3.32. The maximum atomic E-state index is 11.2. The van der Waals surface area contributed by atoms with Crippen LogP contribution >= 0.6 is 0 Å². The molecule has 1 aromatic heterocycles. The lowest BCUT2D eigenvalue weighted by Gasteiger charge is -2.08. The van der Waals surface area contributed by atoms with E-state index in [1.54, 1.807) is 30.3 Å². The molecule has 17 heavy (non-hydrogen) atoms. The summed E-state index contributed by atoms with van der Waals surface area (Å²) in [7, 11) is -3.32. The summed E-state index contributed by atoms with van der Waals surface area (Å²) >= 11 is 0. The van der Waals surface area contributed by atoms with Gasteiger partial charge in [-0.15, -0.1) is 0 Å². The van der Waals surface area contributed by atoms with E-state index < -0.39 is 10.0 Å². The molecule has 0 unspecified atom stereocenters. The Morgan fingerprint density at radius 1 is 1.24 bits per heavy atom. The van der Waals surface area contributed by atoms with E-state index in [4.69, 9.17) is 5.73 Å². The molecular weight excluding hydrogens is 240 g/mol. The topological polar surface area (TPSA) is 90.0 Å². The number of nitrogens with one attached hydrogen (secondary N) is 1. The van der Waals surface area contributed by atoms with Gasteiger partial charge < -0.3 is 5.73 Å². The quantitative estimate of drug-likeness (QED) is 0.791. The van der Waals surface area contributed by atoms with Crippen molar-refractivity contribution in [2.24, 2.45) is 0 Å². The molecule has 6 nitrogen and oxygen atoms in total. The third-order valence-electron chi connectivity index (χ3n) is 2.07. The molecule has 0 aliphatic carbocycles. The van der Waals surface area contributed by atoms with Crippen molar-refractivity contribution in [3.63, 3.8) is 0 Å². The van der Waals surface area contributed by atoms with Gasteiger partial charge in [-0.2, -0.15) is 5.10 Å². The van der Waals surface area contributed by atoms with Crippen molar-refractivity contribution < 1.29 is 8.42 Å². The van der Waals surface area contributed by atoms with Crippen LogP contribution in [0.25, 0.3) is 5.69 Å². The Balaban J connectivity index is 2.40. The van der Waals surface area contributed by atoms with Crippen molar-refractivity contribution in [3.05, 3.63) is 36.5 Å². The van der Waals surface area contributed by atoms with Crippen LogP contribution in [0.2, 0.25) is 0 Å². The van der Waals surface area contributed by atoms with Gasteiger partial charge in [0, 0.05) is 11.8 Å². The van der Waals surface area contributed by atoms with Crippen LogP contribution in [0.15, 0.2) is 36.5 Å². The van der Waals surface area contributed by atoms with Crippen LogP contribution < -0.4 is 10.5 Å². The number of sulfonamides is 1. The van der Waals surface area contributed by atoms with Crippen molar-refractivity contribution in [2.75, 3.05) is 16.7 Å². The third-order valence-corrected chi connectivity index (χ3v) is 2.65. The molecule has 2 rings (SSSR count). The monoisotopic (exact) mass is 252 g/mol. The molecule has 3 N–H and O–H groups in total. The van der Waals surface area contributed by atoms with Crippen LogP contribution in [0.3, 0.4) is 0 Å². The first-order valence-corrected chi connectivity index (χ1v) is 6.72. The predicted molar refractivity (Wildman–Crippen MR) is 66.4 cm³/mol. The molecule has 90 valence electrons. The van der Waals surface area contributed by atoms with Gasteiger partial charge in [0.05, 0.1) is 18.1 Å². The summed E-state index contributed by atoms with van der Waals surface area (Å²) in [5.41, 5.74) is 6.95. The van der Waals surface area contributed by atoms with Gasteiger partial charge in [-0.05, 0) is 24.3 Å². The van der Waals surface area contributed by atoms with Crippen LogP contribution in [0.1, 0.15) is 0 Å². The molecule has 0 radical (unpaired) electrons. The Hall–Kier alpha value is -2.02. The summed E-state index contributed by atoms with van der Waals surface area (Å²) in [6.45, 7) is 0. The number of hydrogen-bond acceptors (Lipinski definition) is 4. The molecule has 1 aromatic carbocycles. The minimum absolute atomic E-state index is 0.386. The average Bonchev–Trinajstić information content (AvgIpc) is 2.64. The van der Waals surface area contributed by atoms with Crippen LogP contribution in [-0.4, -0.2) is 24.5 Å². The van der Waals surface area contributed by atoms with Crippen LogP contribution in [0.4, 0.5) is 11.5 Å². The van der Waals surface area contributed by atoms with Crippen molar-refractivity contribution in [1.29, 1.82) is 0 Å². The number of benzene rings is 1. The highest BCUT2D eigenvalue weighted by Gasteiger charge is 2.08. The maximum absolute atomic E-state index is 11.2. The second-order valence-electron chi connectivity index (χ2n) is 3.59. The largest absolute Gasteiger partial charge is 0.399 e. The number of rotatable bonds is 3. The second-order valence-corrected chi connectivity index (χ2v) is 5.34. The number of aromatic nitrogens is 2. The molecule has 0 aliphatic rings. The van der Waals surface area contributed by atoms with Crippen LogP contribution in [-0.2, 0) is 10.0 Å². The lowest BCUT2D eigenvalue weighted by atomic mass is 10.3. The van der Waals surface area contributed by atoms with Gasteiger partial charge in [0.2, 0.25) is 10.0 Å². The van der Waals surface area contributed by atoms with Crippen molar-refractivity contribution in [3.8, 4) is 5.69 Å². The molecule has 0 aliphatic heterocycles. The SMILES string of the molecule is CS(=O)(=O)Nc1ccnn1-c1ccc(N)cc1. The van der Waals surface area contributed by atoms with E-state index in [1.165, 1.54) is 10.9 Å².